The molecule has 0 aliphatic carbocycles. The van der Waals surface area contributed by atoms with Crippen molar-refractivity contribution in [2.45, 2.75) is 107 Å². The molecule has 29 heteroatoms. The van der Waals surface area contributed by atoms with Crippen molar-refractivity contribution >= 4 is 91.6 Å². The van der Waals surface area contributed by atoms with Gasteiger partial charge in [-0.15, -0.1) is 0 Å². The molecule has 11 amide bonds. The molecule has 2 aliphatic rings. The number of phenolic OH excluding ortho intramolecular Hbond substituents is 1. The third kappa shape index (κ3) is 20.5. The van der Waals surface area contributed by atoms with E-state index in [1.807, 2.05) is 0 Å². The van der Waals surface area contributed by atoms with E-state index >= 15 is 0 Å². The van der Waals surface area contributed by atoms with Crippen LogP contribution < -0.4 is 65.9 Å². The van der Waals surface area contributed by atoms with Crippen LogP contribution in [0.15, 0.2) is 59.6 Å². The number of nitrogens with one attached hydrogen (secondary N) is 7. The van der Waals surface area contributed by atoms with Crippen molar-refractivity contribution < 1.29 is 62.1 Å². The minimum Gasteiger partial charge on any atom is -0.508 e. The standard InChI is InChI=1S/C46H64N14O13S2/c47-35(62)15-14-29-40(67)58-32(22-36(48)63)43(70)59-33(45(72)60-18-5-9-34(60)44(71)56-28(8-4-17-52-46(50)51)39(66)53-23-37(49)64)24-75(73)74-19-16-38(65)54-30(21-26-10-12-27(61)13-11-26)41(68)57-31(42(69)55-29)20-25-6-2-1-3-7-25/h1-3,6-7,10-13,28-34,61H,4-5,8-9,14-24H2,(H2,47,62)(H2,48,63)(H2,49,64)(H,53,66)(H,54,65)(H,55,69)(H,56,71)(H,57,68)(H,58,67)(H,59,70)(H4,50,51,52). The summed E-state index contributed by atoms with van der Waals surface area (Å²) < 4.78 is 13.8. The Hall–Kier alpha value is -7.82. The number of nitrogens with zero attached hydrogens (tertiary/aromatic N) is 2. The molecule has 75 heavy (non-hydrogen) atoms. The summed E-state index contributed by atoms with van der Waals surface area (Å²) in [4.78, 5) is 153. The molecule has 2 heterocycles. The number of carbonyl (C=O) groups excluding carboxylic acids is 11. The van der Waals surface area contributed by atoms with Gasteiger partial charge in [-0.2, -0.15) is 0 Å². The number of guanidine groups is 1. The molecule has 2 saturated heterocycles. The molecule has 0 spiro atoms. The van der Waals surface area contributed by atoms with Crippen molar-refractivity contribution in [2.75, 3.05) is 31.1 Å². The summed E-state index contributed by atoms with van der Waals surface area (Å²) in [6.07, 6.45) is -1.98. The average Bonchev–Trinajstić information content (AvgIpc) is 3.85. The summed E-state index contributed by atoms with van der Waals surface area (Å²) in [5.41, 5.74) is 28.0. The molecular formula is C46H64N14O13S2. The molecule has 408 valence electrons. The predicted octanol–water partition coefficient (Wildman–Crippen LogP) is -5.33. The fourth-order valence-electron chi connectivity index (χ4n) is 7.88. The number of carbonyl (C=O) groups is 11. The van der Waals surface area contributed by atoms with Gasteiger partial charge in [0, 0.05) is 44.5 Å². The van der Waals surface area contributed by atoms with Crippen molar-refractivity contribution in [3.05, 3.63) is 65.7 Å². The smallest absolute Gasteiger partial charge is 0.246 e. The lowest BCUT2D eigenvalue weighted by Crippen LogP contribution is -2.61. The fraction of sp³-hybridized carbons (Fsp3) is 0.478. The first-order valence-corrected chi connectivity index (χ1v) is 26.5. The lowest BCUT2D eigenvalue weighted by atomic mass is 10.0. The SMILES string of the molecule is NC(=O)CCC1NC(=O)C(Cc2ccccc2)NC(=O)C(Cc2ccc(O)cc2)NC(=O)CCSS(=O)CC(C(=O)N2CCCC2C(=O)NC(CCCN=C(N)N)C(=O)NCC(N)=O)NC(=O)C(CC(N)=O)NC1=O. The molecular weight excluding hydrogens is 1020 g/mol. The summed E-state index contributed by atoms with van der Waals surface area (Å²) in [6, 6.07) is 3.59. The van der Waals surface area contributed by atoms with E-state index in [0.717, 1.165) is 4.90 Å². The largest absolute Gasteiger partial charge is 0.508 e. The number of likely N-dealkylation sites (tertiary alicyclic amines) is 1. The van der Waals surface area contributed by atoms with Gasteiger partial charge >= 0.3 is 0 Å². The zero-order valence-electron chi connectivity index (χ0n) is 40.8. The van der Waals surface area contributed by atoms with Crippen LogP contribution in [-0.2, 0) is 75.4 Å². The number of primary amides is 3. The van der Waals surface area contributed by atoms with Crippen LogP contribution in [0.25, 0.3) is 0 Å². The highest BCUT2D eigenvalue weighted by atomic mass is 33.1. The van der Waals surface area contributed by atoms with Crippen LogP contribution in [-0.4, -0.2) is 159 Å². The Kier molecular flexibility index (Phi) is 23.7. The summed E-state index contributed by atoms with van der Waals surface area (Å²) >= 11 is 0. The van der Waals surface area contributed by atoms with Gasteiger partial charge in [0.05, 0.1) is 28.6 Å². The number of hydrogen-bond acceptors (Lipinski definition) is 15. The number of aliphatic imine (C=N–C) groups is 1. The van der Waals surface area contributed by atoms with Crippen LogP contribution in [0, 0.1) is 0 Å². The third-order valence-electron chi connectivity index (χ3n) is 11.6. The van der Waals surface area contributed by atoms with Crippen molar-refractivity contribution in [2.24, 2.45) is 33.7 Å². The molecule has 0 aromatic heterocycles. The highest BCUT2D eigenvalue weighted by Gasteiger charge is 2.41. The molecule has 2 aromatic carbocycles. The van der Waals surface area contributed by atoms with E-state index in [1.165, 1.54) is 24.3 Å². The van der Waals surface area contributed by atoms with Gasteiger partial charge in [0.1, 0.15) is 48.0 Å². The number of nitrogens with two attached hydrogens (primary N) is 5. The number of phenols is 1. The Morgan fingerprint density at radius 1 is 0.760 bits per heavy atom. The predicted molar refractivity (Wildman–Crippen MR) is 273 cm³/mol. The summed E-state index contributed by atoms with van der Waals surface area (Å²) in [5, 5.41) is 27.4. The van der Waals surface area contributed by atoms with Gasteiger partial charge in [0.25, 0.3) is 0 Å². The van der Waals surface area contributed by atoms with E-state index in [4.69, 9.17) is 28.7 Å². The normalized spacial score (nSPS) is 22.6. The quantitative estimate of drug-likeness (QED) is 0.0270. The van der Waals surface area contributed by atoms with Crippen molar-refractivity contribution in [1.29, 1.82) is 0 Å². The Morgan fingerprint density at radius 3 is 1.99 bits per heavy atom. The first-order valence-electron chi connectivity index (χ1n) is 23.7. The maximum atomic E-state index is 14.6. The molecule has 2 fully saturated rings. The van der Waals surface area contributed by atoms with Gasteiger partial charge in [-0.1, -0.05) is 53.3 Å². The van der Waals surface area contributed by atoms with Gasteiger partial charge < -0.3 is 75.9 Å². The van der Waals surface area contributed by atoms with Gasteiger partial charge in [0.2, 0.25) is 65.0 Å². The first kappa shape index (κ1) is 59.7. The number of hydrogen-bond donors (Lipinski definition) is 13. The molecule has 0 radical (unpaired) electrons. The molecule has 8 atom stereocenters. The van der Waals surface area contributed by atoms with Crippen molar-refractivity contribution in [3.8, 4) is 5.75 Å². The van der Waals surface area contributed by atoms with E-state index in [9.17, 15) is 62.1 Å². The lowest BCUT2D eigenvalue weighted by Gasteiger charge is -2.30. The van der Waals surface area contributed by atoms with Crippen LogP contribution >= 0.6 is 10.8 Å². The van der Waals surface area contributed by atoms with Crippen LogP contribution in [0.4, 0.5) is 0 Å². The van der Waals surface area contributed by atoms with Crippen LogP contribution in [0.5, 0.6) is 5.75 Å². The topological polar surface area (TPSA) is 455 Å². The molecule has 2 aliphatic heterocycles. The Labute approximate surface area is 437 Å². The van der Waals surface area contributed by atoms with E-state index in [0.29, 0.717) is 21.9 Å². The Morgan fingerprint density at radius 2 is 1.36 bits per heavy atom. The second-order valence-electron chi connectivity index (χ2n) is 17.5. The molecule has 27 nitrogen and oxygen atoms in total. The number of benzene rings is 2. The lowest BCUT2D eigenvalue weighted by molar-refractivity contribution is -0.142. The fourth-order valence-corrected chi connectivity index (χ4v) is 10.4. The maximum Gasteiger partial charge on any atom is 0.246 e. The maximum absolute atomic E-state index is 14.6. The second-order valence-corrected chi connectivity index (χ2v) is 20.9. The Bertz CT molecular complexity index is 2460. The second kappa shape index (κ2) is 29.8. The van der Waals surface area contributed by atoms with Crippen LogP contribution in [0.3, 0.4) is 0 Å². The molecule has 0 bridgehead atoms. The van der Waals surface area contributed by atoms with Crippen LogP contribution in [0.2, 0.25) is 0 Å². The zero-order valence-corrected chi connectivity index (χ0v) is 42.4. The first-order chi connectivity index (χ1) is 35.6. The zero-order chi connectivity index (χ0) is 55.2. The highest BCUT2D eigenvalue weighted by Crippen LogP contribution is 2.22. The molecule has 0 saturated carbocycles. The van der Waals surface area contributed by atoms with E-state index in [1.54, 1.807) is 30.3 Å². The molecule has 4 rings (SSSR count). The number of amides is 11. The molecule has 8 unspecified atom stereocenters. The third-order valence-corrected chi connectivity index (χ3v) is 14.5. The number of rotatable bonds is 19. The average molecular weight is 1090 g/mol. The summed E-state index contributed by atoms with van der Waals surface area (Å²) in [7, 11) is -1.40. The Balaban J connectivity index is 1.71. The highest BCUT2D eigenvalue weighted by molar-refractivity contribution is 8.69. The monoisotopic (exact) mass is 1080 g/mol. The van der Waals surface area contributed by atoms with Crippen LogP contribution in [0.1, 0.15) is 62.5 Å². The summed E-state index contributed by atoms with van der Waals surface area (Å²) in [5.74, 6) is -11.3. The van der Waals surface area contributed by atoms with E-state index in [-0.39, 0.29) is 75.5 Å². The van der Waals surface area contributed by atoms with Gasteiger partial charge in [-0.05, 0) is 55.4 Å². The molecule has 18 N–H and O–H groups in total. The number of aromatic hydroxyl groups is 1. The van der Waals surface area contributed by atoms with Crippen molar-refractivity contribution in [3.63, 3.8) is 0 Å². The van der Waals surface area contributed by atoms with Gasteiger partial charge in [0.15, 0.2) is 5.96 Å². The molecule has 2 aromatic rings. The minimum atomic E-state index is -2.10. The van der Waals surface area contributed by atoms with Gasteiger partial charge in [-0.3, -0.25) is 57.7 Å². The van der Waals surface area contributed by atoms with E-state index in [2.05, 4.69) is 42.2 Å². The van der Waals surface area contributed by atoms with Crippen molar-refractivity contribution in [1.82, 2.24) is 42.1 Å². The minimum absolute atomic E-state index is 0.0265. The van der Waals surface area contributed by atoms with E-state index < -0.39 is 149 Å². The summed E-state index contributed by atoms with van der Waals surface area (Å²) in [6.45, 7) is -0.554. The van der Waals surface area contributed by atoms with Gasteiger partial charge in [-0.25, -0.2) is 4.21 Å².